The molecule has 0 atom stereocenters. The Balaban J connectivity index is 1.44. The smallest absolute Gasteiger partial charge is 0.250 e. The molecule has 0 unspecified atom stereocenters. The largest absolute Gasteiger partial charge is 0.492 e. The third kappa shape index (κ3) is 5.15. The zero-order valence-electron chi connectivity index (χ0n) is 14.4. The number of nitrogens with one attached hydrogen (secondary N) is 1. The maximum absolute atomic E-state index is 11.3. The van der Waals surface area contributed by atoms with E-state index in [2.05, 4.69) is 27.8 Å². The maximum atomic E-state index is 11.3. The lowest BCUT2D eigenvalue weighted by atomic mass is 10.1. The Hall–Kier alpha value is -2.70. The van der Waals surface area contributed by atoms with Gasteiger partial charge in [-0.2, -0.15) is 0 Å². The number of amides is 1. The molecule has 0 aliphatic heterocycles. The van der Waals surface area contributed by atoms with Gasteiger partial charge in [-0.05, 0) is 41.6 Å². The van der Waals surface area contributed by atoms with Gasteiger partial charge in [0.25, 0.3) is 0 Å². The minimum absolute atomic E-state index is 0.399. The molecular formula is C20H21N3O2S. The van der Waals surface area contributed by atoms with E-state index in [0.717, 1.165) is 36.4 Å². The van der Waals surface area contributed by atoms with Crippen LogP contribution in [0.4, 0.5) is 0 Å². The second-order valence-corrected chi connectivity index (χ2v) is 6.81. The Morgan fingerprint density at radius 2 is 1.96 bits per heavy atom. The average molecular weight is 367 g/mol. The highest BCUT2D eigenvalue weighted by Crippen LogP contribution is 2.22. The van der Waals surface area contributed by atoms with Crippen molar-refractivity contribution in [2.75, 3.05) is 19.7 Å². The molecule has 3 aromatic rings. The number of benzene rings is 1. The number of rotatable bonds is 9. The number of aromatic nitrogens is 1. The monoisotopic (exact) mass is 367 g/mol. The van der Waals surface area contributed by atoms with Crippen molar-refractivity contribution in [1.82, 2.24) is 10.3 Å². The molecule has 1 aromatic carbocycles. The van der Waals surface area contributed by atoms with Crippen molar-refractivity contribution in [3.05, 3.63) is 70.7 Å². The normalized spacial score (nSPS) is 10.6. The molecule has 0 aliphatic carbocycles. The molecule has 0 saturated heterocycles. The molecule has 134 valence electrons. The van der Waals surface area contributed by atoms with Crippen LogP contribution in [0.25, 0.3) is 11.1 Å². The number of carbonyl (C=O) groups excluding carboxylic acids is 1. The van der Waals surface area contributed by atoms with Crippen molar-refractivity contribution in [3.63, 3.8) is 0 Å². The SMILES string of the molecule is NC(=O)c1cncc(-c2ccc(OCCNCCc3cccs3)cc2)c1. The van der Waals surface area contributed by atoms with Gasteiger partial charge in [0.15, 0.2) is 0 Å². The molecule has 0 bridgehead atoms. The zero-order valence-corrected chi connectivity index (χ0v) is 15.2. The summed E-state index contributed by atoms with van der Waals surface area (Å²) in [5, 5.41) is 5.48. The summed E-state index contributed by atoms with van der Waals surface area (Å²) in [6.45, 7) is 2.37. The molecule has 3 rings (SSSR count). The van der Waals surface area contributed by atoms with Crippen molar-refractivity contribution < 1.29 is 9.53 Å². The number of primary amides is 1. The zero-order chi connectivity index (χ0) is 18.2. The van der Waals surface area contributed by atoms with Crippen LogP contribution in [0.15, 0.2) is 60.2 Å². The lowest BCUT2D eigenvalue weighted by molar-refractivity contribution is 0.1000. The first-order chi connectivity index (χ1) is 12.7. The van der Waals surface area contributed by atoms with E-state index >= 15 is 0 Å². The van der Waals surface area contributed by atoms with Crippen LogP contribution in [-0.2, 0) is 6.42 Å². The fourth-order valence-electron chi connectivity index (χ4n) is 2.51. The molecule has 2 aromatic heterocycles. The summed E-state index contributed by atoms with van der Waals surface area (Å²) in [5.41, 5.74) is 7.51. The third-order valence-electron chi connectivity index (χ3n) is 3.89. The molecule has 1 amide bonds. The van der Waals surface area contributed by atoms with Crippen LogP contribution in [0.1, 0.15) is 15.2 Å². The summed E-state index contributed by atoms with van der Waals surface area (Å²) in [6, 6.07) is 13.7. The topological polar surface area (TPSA) is 77.2 Å². The van der Waals surface area contributed by atoms with Crippen LogP contribution in [-0.4, -0.2) is 30.6 Å². The first-order valence-corrected chi connectivity index (χ1v) is 9.31. The predicted molar refractivity (Wildman–Crippen MR) is 105 cm³/mol. The van der Waals surface area contributed by atoms with Crippen molar-refractivity contribution in [2.24, 2.45) is 5.73 Å². The van der Waals surface area contributed by atoms with E-state index in [4.69, 9.17) is 10.5 Å². The Bertz CT molecular complexity index is 833. The highest BCUT2D eigenvalue weighted by molar-refractivity contribution is 7.09. The molecular weight excluding hydrogens is 346 g/mol. The van der Waals surface area contributed by atoms with Gasteiger partial charge in [0.05, 0.1) is 5.56 Å². The van der Waals surface area contributed by atoms with Gasteiger partial charge >= 0.3 is 0 Å². The van der Waals surface area contributed by atoms with E-state index in [-0.39, 0.29) is 0 Å². The summed E-state index contributed by atoms with van der Waals surface area (Å²) >= 11 is 1.78. The maximum Gasteiger partial charge on any atom is 0.250 e. The standard InChI is InChI=1S/C20H21N3O2S/c21-20(24)17-12-16(13-23-14-17)15-3-5-18(6-4-15)25-10-9-22-8-7-19-2-1-11-26-19/h1-6,11-14,22H,7-10H2,(H2,21,24). The van der Waals surface area contributed by atoms with Crippen molar-refractivity contribution in [3.8, 4) is 16.9 Å². The minimum Gasteiger partial charge on any atom is -0.492 e. The molecule has 5 nitrogen and oxygen atoms in total. The molecule has 0 radical (unpaired) electrons. The van der Waals surface area contributed by atoms with Gasteiger partial charge in [0, 0.05) is 35.9 Å². The van der Waals surface area contributed by atoms with Gasteiger partial charge in [-0.15, -0.1) is 11.3 Å². The lowest BCUT2D eigenvalue weighted by Crippen LogP contribution is -2.23. The van der Waals surface area contributed by atoms with Gasteiger partial charge in [-0.1, -0.05) is 18.2 Å². The van der Waals surface area contributed by atoms with Crippen LogP contribution in [0, 0.1) is 0 Å². The molecule has 26 heavy (non-hydrogen) atoms. The summed E-state index contributed by atoms with van der Waals surface area (Å²) in [6.07, 6.45) is 4.22. The first kappa shape index (κ1) is 18.1. The fraction of sp³-hybridized carbons (Fsp3) is 0.200. The van der Waals surface area contributed by atoms with Crippen LogP contribution in [0.3, 0.4) is 0 Å². The van der Waals surface area contributed by atoms with E-state index in [1.54, 1.807) is 23.6 Å². The van der Waals surface area contributed by atoms with E-state index in [1.165, 1.54) is 11.1 Å². The van der Waals surface area contributed by atoms with Crippen LogP contribution >= 0.6 is 11.3 Å². The fourth-order valence-corrected chi connectivity index (χ4v) is 3.22. The molecule has 3 N–H and O–H groups in total. The molecule has 0 spiro atoms. The van der Waals surface area contributed by atoms with Crippen molar-refractivity contribution in [1.29, 1.82) is 0 Å². The van der Waals surface area contributed by atoms with Gasteiger partial charge < -0.3 is 15.8 Å². The Morgan fingerprint density at radius 3 is 2.69 bits per heavy atom. The van der Waals surface area contributed by atoms with Gasteiger partial charge in [-0.25, -0.2) is 0 Å². The van der Waals surface area contributed by atoms with Crippen LogP contribution in [0.2, 0.25) is 0 Å². The van der Waals surface area contributed by atoms with Crippen molar-refractivity contribution in [2.45, 2.75) is 6.42 Å². The van der Waals surface area contributed by atoms with Gasteiger partial charge in [0.1, 0.15) is 12.4 Å². The number of hydrogen-bond donors (Lipinski definition) is 2. The first-order valence-electron chi connectivity index (χ1n) is 8.43. The van der Waals surface area contributed by atoms with Crippen LogP contribution < -0.4 is 15.8 Å². The predicted octanol–water partition coefficient (Wildman–Crippen LogP) is 3.12. The highest BCUT2D eigenvalue weighted by Gasteiger charge is 2.04. The second-order valence-electron chi connectivity index (χ2n) is 5.78. The Morgan fingerprint density at radius 1 is 1.12 bits per heavy atom. The summed E-state index contributed by atoms with van der Waals surface area (Å²) in [7, 11) is 0. The van der Waals surface area contributed by atoms with E-state index < -0.39 is 5.91 Å². The lowest BCUT2D eigenvalue weighted by Gasteiger charge is -2.08. The number of pyridine rings is 1. The minimum atomic E-state index is -0.481. The second kappa shape index (κ2) is 9.12. The van der Waals surface area contributed by atoms with Gasteiger partial charge in [0.2, 0.25) is 5.91 Å². The number of thiophene rings is 1. The number of nitrogens with zero attached hydrogens (tertiary/aromatic N) is 1. The molecule has 6 heteroatoms. The number of hydrogen-bond acceptors (Lipinski definition) is 5. The quantitative estimate of drug-likeness (QED) is 0.570. The molecule has 2 heterocycles. The average Bonchev–Trinajstić information content (AvgIpc) is 3.18. The van der Waals surface area contributed by atoms with E-state index in [0.29, 0.717) is 12.2 Å². The molecule has 0 fully saturated rings. The summed E-state index contributed by atoms with van der Waals surface area (Å²) < 4.78 is 5.75. The number of ether oxygens (including phenoxy) is 1. The number of carbonyl (C=O) groups is 1. The van der Waals surface area contributed by atoms with Crippen LogP contribution in [0.5, 0.6) is 5.75 Å². The summed E-state index contributed by atoms with van der Waals surface area (Å²) in [5.74, 6) is 0.332. The Labute approximate surface area is 156 Å². The summed E-state index contributed by atoms with van der Waals surface area (Å²) in [4.78, 5) is 16.7. The van der Waals surface area contributed by atoms with E-state index in [9.17, 15) is 4.79 Å². The van der Waals surface area contributed by atoms with Crippen molar-refractivity contribution >= 4 is 17.2 Å². The van der Waals surface area contributed by atoms with Gasteiger partial charge in [-0.3, -0.25) is 9.78 Å². The van der Waals surface area contributed by atoms with E-state index in [1.807, 2.05) is 24.3 Å². The third-order valence-corrected chi connectivity index (χ3v) is 4.82. The number of nitrogens with two attached hydrogens (primary N) is 1. The highest BCUT2D eigenvalue weighted by atomic mass is 32.1. The Kier molecular flexibility index (Phi) is 6.35. The molecule has 0 aliphatic rings. The molecule has 0 saturated carbocycles.